The van der Waals surface area contributed by atoms with Gasteiger partial charge in [0.2, 0.25) is 0 Å². The van der Waals surface area contributed by atoms with Gasteiger partial charge in [0.1, 0.15) is 0 Å². The van der Waals surface area contributed by atoms with Crippen molar-refractivity contribution in [1.29, 1.82) is 0 Å². The van der Waals surface area contributed by atoms with E-state index in [4.69, 9.17) is 5.73 Å². The highest BCUT2D eigenvalue weighted by molar-refractivity contribution is 5.89. The highest BCUT2D eigenvalue weighted by Gasteiger charge is 2.05. The van der Waals surface area contributed by atoms with Gasteiger partial charge in [-0.2, -0.15) is 0 Å². The molecule has 0 aliphatic rings. The van der Waals surface area contributed by atoms with Gasteiger partial charge < -0.3 is 10.5 Å². The molecule has 1 aromatic carbocycles. The summed E-state index contributed by atoms with van der Waals surface area (Å²) in [6.45, 7) is 2.23. The Hall–Kier alpha value is -1.79. The number of aryl methyl sites for hydroxylation is 1. The molecule has 0 saturated heterocycles. The summed E-state index contributed by atoms with van der Waals surface area (Å²) in [5.41, 5.74) is 7.64. The van der Waals surface area contributed by atoms with Crippen LogP contribution in [0.4, 0.5) is 0 Å². The molecular weight excluding hydrogens is 190 g/mol. The second kappa shape index (κ2) is 5.18. The van der Waals surface area contributed by atoms with E-state index < -0.39 is 0 Å². The molecule has 0 atom stereocenters. The standard InChI is InChI=1S/C12H13NO2/c1-9-8-11(12(14)15-2)6-5-10(9)4-3-7-13/h5-6,8H,7,13H2,1-2H3. The first-order valence-electron chi connectivity index (χ1n) is 4.57. The van der Waals surface area contributed by atoms with Crippen LogP contribution in [0.25, 0.3) is 0 Å². The number of nitrogens with two attached hydrogens (primary N) is 1. The summed E-state index contributed by atoms with van der Waals surface area (Å²) in [6, 6.07) is 5.25. The summed E-state index contributed by atoms with van der Waals surface area (Å²) in [6.07, 6.45) is 0. The molecule has 1 rings (SSSR count). The lowest BCUT2D eigenvalue weighted by Crippen LogP contribution is -2.01. The minimum Gasteiger partial charge on any atom is -0.465 e. The van der Waals surface area contributed by atoms with Crippen LogP contribution in [0.15, 0.2) is 18.2 Å². The molecule has 0 aliphatic heterocycles. The lowest BCUT2D eigenvalue weighted by Gasteiger charge is -2.02. The number of hydrogen-bond acceptors (Lipinski definition) is 3. The zero-order valence-electron chi connectivity index (χ0n) is 8.83. The summed E-state index contributed by atoms with van der Waals surface area (Å²) in [5.74, 6) is 5.36. The van der Waals surface area contributed by atoms with Crippen molar-refractivity contribution in [2.45, 2.75) is 6.92 Å². The fourth-order valence-electron chi connectivity index (χ4n) is 1.20. The predicted molar refractivity (Wildman–Crippen MR) is 58.5 cm³/mol. The molecule has 0 bridgehead atoms. The Morgan fingerprint density at radius 2 is 2.27 bits per heavy atom. The molecule has 1 aromatic rings. The number of ether oxygens (including phenoxy) is 1. The monoisotopic (exact) mass is 203 g/mol. The maximum atomic E-state index is 11.2. The molecule has 78 valence electrons. The summed E-state index contributed by atoms with van der Waals surface area (Å²) in [4.78, 5) is 11.2. The maximum Gasteiger partial charge on any atom is 0.337 e. The van der Waals surface area contributed by atoms with Crippen molar-refractivity contribution < 1.29 is 9.53 Å². The van der Waals surface area contributed by atoms with Crippen LogP contribution in [0.5, 0.6) is 0 Å². The Kier molecular flexibility index (Phi) is 3.90. The lowest BCUT2D eigenvalue weighted by atomic mass is 10.1. The number of hydrogen-bond donors (Lipinski definition) is 1. The summed E-state index contributed by atoms with van der Waals surface area (Å²) in [5, 5.41) is 0. The van der Waals surface area contributed by atoms with Gasteiger partial charge >= 0.3 is 5.97 Å². The maximum absolute atomic E-state index is 11.2. The Morgan fingerprint density at radius 1 is 1.53 bits per heavy atom. The highest BCUT2D eigenvalue weighted by atomic mass is 16.5. The van der Waals surface area contributed by atoms with E-state index in [0.717, 1.165) is 11.1 Å². The van der Waals surface area contributed by atoms with Crippen molar-refractivity contribution >= 4 is 5.97 Å². The van der Waals surface area contributed by atoms with E-state index in [2.05, 4.69) is 16.6 Å². The van der Waals surface area contributed by atoms with Crippen molar-refractivity contribution in [3.05, 3.63) is 34.9 Å². The van der Waals surface area contributed by atoms with E-state index in [1.807, 2.05) is 6.92 Å². The Balaban J connectivity index is 3.03. The number of carbonyl (C=O) groups is 1. The second-order valence-electron chi connectivity index (χ2n) is 3.03. The van der Waals surface area contributed by atoms with Crippen LogP contribution in [0.2, 0.25) is 0 Å². The molecule has 0 saturated carbocycles. The molecule has 3 heteroatoms. The molecule has 2 N–H and O–H groups in total. The molecular formula is C12H13NO2. The zero-order valence-corrected chi connectivity index (χ0v) is 8.83. The Morgan fingerprint density at radius 3 is 2.80 bits per heavy atom. The van der Waals surface area contributed by atoms with E-state index in [1.54, 1.807) is 18.2 Å². The van der Waals surface area contributed by atoms with E-state index in [1.165, 1.54) is 7.11 Å². The zero-order chi connectivity index (χ0) is 11.3. The highest BCUT2D eigenvalue weighted by Crippen LogP contribution is 2.10. The van der Waals surface area contributed by atoms with Gasteiger partial charge in [0, 0.05) is 5.56 Å². The van der Waals surface area contributed by atoms with Crippen molar-refractivity contribution in [3.8, 4) is 11.8 Å². The minimum atomic E-state index is -0.337. The van der Waals surface area contributed by atoms with Crippen LogP contribution in [0.1, 0.15) is 21.5 Å². The van der Waals surface area contributed by atoms with Crippen LogP contribution in [0.3, 0.4) is 0 Å². The van der Waals surface area contributed by atoms with Gasteiger partial charge in [0.15, 0.2) is 0 Å². The normalized spacial score (nSPS) is 9.00. The van der Waals surface area contributed by atoms with Crippen LogP contribution in [-0.2, 0) is 4.74 Å². The number of rotatable bonds is 1. The summed E-state index contributed by atoms with van der Waals surface area (Å²) < 4.78 is 4.62. The van der Waals surface area contributed by atoms with Crippen molar-refractivity contribution in [2.24, 2.45) is 5.73 Å². The number of esters is 1. The van der Waals surface area contributed by atoms with Gasteiger partial charge in [-0.3, -0.25) is 0 Å². The lowest BCUT2D eigenvalue weighted by molar-refractivity contribution is 0.0600. The molecule has 0 radical (unpaired) electrons. The average molecular weight is 203 g/mol. The fraction of sp³-hybridized carbons (Fsp3) is 0.250. The largest absolute Gasteiger partial charge is 0.465 e. The molecule has 0 amide bonds. The quantitative estimate of drug-likeness (QED) is 0.549. The van der Waals surface area contributed by atoms with Gasteiger partial charge in [0.25, 0.3) is 0 Å². The van der Waals surface area contributed by atoms with E-state index in [0.29, 0.717) is 12.1 Å². The van der Waals surface area contributed by atoms with E-state index in [-0.39, 0.29) is 5.97 Å². The van der Waals surface area contributed by atoms with E-state index >= 15 is 0 Å². The first kappa shape index (κ1) is 11.3. The van der Waals surface area contributed by atoms with Gasteiger partial charge in [0.05, 0.1) is 19.2 Å². The van der Waals surface area contributed by atoms with Crippen molar-refractivity contribution in [2.75, 3.05) is 13.7 Å². The fourth-order valence-corrected chi connectivity index (χ4v) is 1.20. The van der Waals surface area contributed by atoms with Crippen molar-refractivity contribution in [3.63, 3.8) is 0 Å². The summed E-state index contributed by atoms with van der Waals surface area (Å²) >= 11 is 0. The Labute approximate surface area is 89.2 Å². The SMILES string of the molecule is COC(=O)c1ccc(C#CCN)c(C)c1. The van der Waals surface area contributed by atoms with Gasteiger partial charge in [-0.15, -0.1) is 0 Å². The van der Waals surface area contributed by atoms with Crippen LogP contribution >= 0.6 is 0 Å². The Bertz CT molecular complexity index is 427. The number of carbonyl (C=O) groups excluding carboxylic acids is 1. The molecule has 15 heavy (non-hydrogen) atoms. The molecule has 0 spiro atoms. The molecule has 0 aromatic heterocycles. The minimum absolute atomic E-state index is 0.332. The third-order valence-corrected chi connectivity index (χ3v) is 1.97. The second-order valence-corrected chi connectivity index (χ2v) is 3.03. The van der Waals surface area contributed by atoms with Crippen LogP contribution < -0.4 is 5.73 Å². The molecule has 0 fully saturated rings. The molecule has 0 heterocycles. The molecule has 0 unspecified atom stereocenters. The summed E-state index contributed by atoms with van der Waals surface area (Å²) in [7, 11) is 1.36. The number of benzene rings is 1. The topological polar surface area (TPSA) is 52.3 Å². The third kappa shape index (κ3) is 2.83. The van der Waals surface area contributed by atoms with E-state index in [9.17, 15) is 4.79 Å². The van der Waals surface area contributed by atoms with Gasteiger partial charge in [-0.25, -0.2) is 4.79 Å². The third-order valence-electron chi connectivity index (χ3n) is 1.97. The molecule has 3 nitrogen and oxygen atoms in total. The smallest absolute Gasteiger partial charge is 0.337 e. The van der Waals surface area contributed by atoms with Crippen LogP contribution in [0, 0.1) is 18.8 Å². The van der Waals surface area contributed by atoms with Crippen molar-refractivity contribution in [1.82, 2.24) is 0 Å². The average Bonchev–Trinajstić information content (AvgIpc) is 2.26. The van der Waals surface area contributed by atoms with Crippen LogP contribution in [-0.4, -0.2) is 19.6 Å². The first-order chi connectivity index (χ1) is 7.19. The predicted octanol–water partition coefficient (Wildman–Crippen LogP) is 1.09. The van der Waals surface area contributed by atoms with Gasteiger partial charge in [-0.1, -0.05) is 11.8 Å². The molecule has 0 aliphatic carbocycles. The first-order valence-corrected chi connectivity index (χ1v) is 4.57. The number of methoxy groups -OCH3 is 1. The van der Waals surface area contributed by atoms with Gasteiger partial charge in [-0.05, 0) is 30.7 Å².